The third kappa shape index (κ3) is 3.05. The Morgan fingerprint density at radius 1 is 1.15 bits per heavy atom. The number of nitrogens with zero attached hydrogens (tertiary/aromatic N) is 4. The first kappa shape index (κ1) is 16.0. The molecule has 7 heteroatoms. The molecule has 3 heterocycles. The zero-order chi connectivity index (χ0) is 18.2. The summed E-state index contributed by atoms with van der Waals surface area (Å²) in [4.78, 5) is 30.3. The highest BCUT2D eigenvalue weighted by Crippen LogP contribution is 2.24. The van der Waals surface area contributed by atoms with Gasteiger partial charge in [0.1, 0.15) is 5.69 Å². The Balaban J connectivity index is 1.27. The van der Waals surface area contributed by atoms with Crippen molar-refractivity contribution in [3.05, 3.63) is 71.1 Å². The van der Waals surface area contributed by atoms with E-state index in [1.54, 1.807) is 11.1 Å². The Kier molecular flexibility index (Phi) is 3.85. The van der Waals surface area contributed by atoms with Crippen LogP contribution < -0.4 is 5.32 Å². The van der Waals surface area contributed by atoms with E-state index in [0.717, 1.165) is 30.5 Å². The highest BCUT2D eigenvalue weighted by molar-refractivity contribution is 5.92. The van der Waals surface area contributed by atoms with Gasteiger partial charge in [0.2, 0.25) is 5.95 Å². The Morgan fingerprint density at radius 2 is 1.96 bits per heavy atom. The summed E-state index contributed by atoms with van der Waals surface area (Å²) in [6.45, 7) is 1.18. The second-order valence-corrected chi connectivity index (χ2v) is 7.13. The molecule has 0 fully saturated rings. The second kappa shape index (κ2) is 6.50. The minimum absolute atomic E-state index is 0.0379. The summed E-state index contributed by atoms with van der Waals surface area (Å²) in [7, 11) is 0. The van der Waals surface area contributed by atoms with Crippen molar-refractivity contribution in [2.45, 2.75) is 31.8 Å². The number of benzene rings is 1. The molecule has 0 bridgehead atoms. The minimum atomic E-state index is -0.0379. The fraction of sp³-hybridized carbons (Fsp3) is 0.300. The van der Waals surface area contributed by atoms with Crippen LogP contribution in [0.25, 0.3) is 0 Å². The van der Waals surface area contributed by atoms with Gasteiger partial charge in [-0.25, -0.2) is 15.0 Å². The van der Waals surface area contributed by atoms with Gasteiger partial charge in [-0.2, -0.15) is 0 Å². The molecule has 7 nitrogen and oxygen atoms in total. The van der Waals surface area contributed by atoms with Crippen molar-refractivity contribution >= 4 is 11.9 Å². The Labute approximate surface area is 156 Å². The number of anilines is 1. The molecule has 1 aliphatic heterocycles. The van der Waals surface area contributed by atoms with E-state index >= 15 is 0 Å². The van der Waals surface area contributed by atoms with E-state index in [1.165, 1.54) is 17.5 Å². The summed E-state index contributed by atoms with van der Waals surface area (Å²) in [5, 5.41) is 3.48. The first-order valence-corrected chi connectivity index (χ1v) is 9.22. The third-order valence-electron chi connectivity index (χ3n) is 5.33. The molecule has 1 aliphatic carbocycles. The Hall–Kier alpha value is -3.22. The number of carbonyl (C=O) groups excluding carboxylic acids is 1. The topological polar surface area (TPSA) is 86.8 Å². The van der Waals surface area contributed by atoms with Gasteiger partial charge >= 0.3 is 0 Å². The summed E-state index contributed by atoms with van der Waals surface area (Å²) in [5.41, 5.74) is 5.35. The van der Waals surface area contributed by atoms with Gasteiger partial charge in [-0.05, 0) is 24.0 Å². The maximum atomic E-state index is 12.5. The average molecular weight is 360 g/mol. The molecule has 0 radical (unpaired) electrons. The minimum Gasteiger partial charge on any atom is -0.351 e. The van der Waals surface area contributed by atoms with E-state index in [4.69, 9.17) is 4.98 Å². The smallest absolute Gasteiger partial charge is 0.272 e. The predicted molar refractivity (Wildman–Crippen MR) is 100 cm³/mol. The number of rotatable bonds is 3. The fourth-order valence-corrected chi connectivity index (χ4v) is 3.95. The van der Waals surface area contributed by atoms with Crippen molar-refractivity contribution in [2.24, 2.45) is 0 Å². The van der Waals surface area contributed by atoms with Gasteiger partial charge in [-0.1, -0.05) is 24.3 Å². The number of carbonyl (C=O) groups is 1. The summed E-state index contributed by atoms with van der Waals surface area (Å²) in [6.07, 6.45) is 7.66. The molecule has 0 unspecified atom stereocenters. The molecule has 2 aromatic heterocycles. The van der Waals surface area contributed by atoms with E-state index < -0.39 is 0 Å². The van der Waals surface area contributed by atoms with Crippen LogP contribution in [0.1, 0.15) is 32.9 Å². The van der Waals surface area contributed by atoms with Gasteiger partial charge in [0.25, 0.3) is 5.91 Å². The largest absolute Gasteiger partial charge is 0.351 e. The number of imidazole rings is 1. The summed E-state index contributed by atoms with van der Waals surface area (Å²) < 4.78 is 0. The molecule has 1 aromatic carbocycles. The monoisotopic (exact) mass is 360 g/mol. The number of hydrogen-bond donors (Lipinski definition) is 2. The Morgan fingerprint density at radius 3 is 2.70 bits per heavy atom. The molecule has 0 atom stereocenters. The van der Waals surface area contributed by atoms with Gasteiger partial charge in [0, 0.05) is 37.3 Å². The molecule has 0 spiro atoms. The van der Waals surface area contributed by atoms with E-state index in [1.807, 2.05) is 6.20 Å². The van der Waals surface area contributed by atoms with E-state index in [-0.39, 0.29) is 5.91 Å². The standard InChI is InChI=1S/C20H20N6O/c27-19(18-10-21-12-23-18)26-6-5-17-15(11-26)9-22-20(25-17)24-16-7-13-3-1-2-4-14(13)8-16/h1-4,9-10,12,16H,5-8,11H2,(H,21,23)(H,22,24,25). The van der Waals surface area contributed by atoms with Crippen LogP contribution in [0, 0.1) is 0 Å². The lowest BCUT2D eigenvalue weighted by Crippen LogP contribution is -2.36. The lowest BCUT2D eigenvalue weighted by atomic mass is 10.1. The van der Waals surface area contributed by atoms with Crippen molar-refractivity contribution in [3.63, 3.8) is 0 Å². The van der Waals surface area contributed by atoms with Crippen LogP contribution in [0.3, 0.4) is 0 Å². The normalized spacial score (nSPS) is 16.1. The van der Waals surface area contributed by atoms with Crippen LogP contribution in [0.15, 0.2) is 43.0 Å². The number of aromatic amines is 1. The van der Waals surface area contributed by atoms with Crippen LogP contribution in [0.2, 0.25) is 0 Å². The SMILES string of the molecule is O=C(c1cnc[nH]1)N1CCc2nc(NC3Cc4ccccc4C3)ncc2C1. The van der Waals surface area contributed by atoms with Gasteiger partial charge in [-0.15, -0.1) is 0 Å². The molecular weight excluding hydrogens is 340 g/mol. The van der Waals surface area contributed by atoms with Crippen molar-refractivity contribution in [3.8, 4) is 0 Å². The van der Waals surface area contributed by atoms with Crippen molar-refractivity contribution < 1.29 is 4.79 Å². The zero-order valence-electron chi connectivity index (χ0n) is 14.9. The van der Waals surface area contributed by atoms with Gasteiger partial charge in [-0.3, -0.25) is 4.79 Å². The number of nitrogens with one attached hydrogen (secondary N) is 2. The number of amides is 1. The highest BCUT2D eigenvalue weighted by Gasteiger charge is 2.25. The molecule has 2 aliphatic rings. The molecule has 1 amide bonds. The summed E-state index contributed by atoms with van der Waals surface area (Å²) in [6, 6.07) is 8.90. The first-order chi connectivity index (χ1) is 13.3. The van der Waals surface area contributed by atoms with Gasteiger partial charge in [0.05, 0.1) is 18.2 Å². The number of aromatic nitrogens is 4. The molecular formula is C20H20N6O. The predicted octanol–water partition coefficient (Wildman–Crippen LogP) is 1.98. The fourth-order valence-electron chi connectivity index (χ4n) is 3.95. The Bertz CT molecular complexity index is 959. The van der Waals surface area contributed by atoms with Crippen molar-refractivity contribution in [2.75, 3.05) is 11.9 Å². The van der Waals surface area contributed by atoms with Crippen LogP contribution in [-0.2, 0) is 25.8 Å². The summed E-state index contributed by atoms with van der Waals surface area (Å²) >= 11 is 0. The maximum Gasteiger partial charge on any atom is 0.272 e. The first-order valence-electron chi connectivity index (χ1n) is 9.22. The quantitative estimate of drug-likeness (QED) is 0.746. The van der Waals surface area contributed by atoms with Crippen molar-refractivity contribution in [1.82, 2.24) is 24.8 Å². The molecule has 5 rings (SSSR count). The molecule has 0 saturated carbocycles. The molecule has 27 heavy (non-hydrogen) atoms. The van der Waals surface area contributed by atoms with E-state index in [2.05, 4.69) is 44.5 Å². The third-order valence-corrected chi connectivity index (χ3v) is 5.33. The average Bonchev–Trinajstić information content (AvgIpc) is 3.36. The van der Waals surface area contributed by atoms with Crippen LogP contribution in [0.4, 0.5) is 5.95 Å². The lowest BCUT2D eigenvalue weighted by molar-refractivity contribution is 0.0728. The van der Waals surface area contributed by atoms with E-state index in [0.29, 0.717) is 30.8 Å². The summed E-state index contributed by atoms with van der Waals surface area (Å²) in [5.74, 6) is 0.643. The zero-order valence-corrected chi connectivity index (χ0v) is 14.9. The molecule has 136 valence electrons. The lowest BCUT2D eigenvalue weighted by Gasteiger charge is -2.28. The van der Waals surface area contributed by atoms with Crippen LogP contribution in [-0.4, -0.2) is 43.3 Å². The van der Waals surface area contributed by atoms with E-state index in [9.17, 15) is 4.79 Å². The number of H-pyrrole nitrogens is 1. The molecule has 3 aromatic rings. The van der Waals surface area contributed by atoms with Crippen LogP contribution in [0.5, 0.6) is 0 Å². The molecule has 0 saturated heterocycles. The maximum absolute atomic E-state index is 12.5. The second-order valence-electron chi connectivity index (χ2n) is 7.13. The van der Waals surface area contributed by atoms with Crippen LogP contribution >= 0.6 is 0 Å². The highest BCUT2D eigenvalue weighted by atomic mass is 16.2. The van der Waals surface area contributed by atoms with Gasteiger partial charge < -0.3 is 15.2 Å². The number of fused-ring (bicyclic) bond motifs is 2. The van der Waals surface area contributed by atoms with Crippen molar-refractivity contribution in [1.29, 1.82) is 0 Å². The molecule has 2 N–H and O–H groups in total. The van der Waals surface area contributed by atoms with Gasteiger partial charge in [0.15, 0.2) is 0 Å². The number of hydrogen-bond acceptors (Lipinski definition) is 5.